The van der Waals surface area contributed by atoms with Crippen molar-refractivity contribution in [3.63, 3.8) is 0 Å². The average molecular weight is 287 g/mol. The molecule has 2 rings (SSSR count). The Labute approximate surface area is 129 Å². The van der Waals surface area contributed by atoms with E-state index in [0.29, 0.717) is 17.9 Å². The van der Waals surface area contributed by atoms with E-state index in [1.54, 1.807) is 0 Å². The zero-order chi connectivity index (χ0) is 15.9. The van der Waals surface area contributed by atoms with Crippen molar-refractivity contribution in [2.45, 2.75) is 67.3 Å². The highest BCUT2D eigenvalue weighted by Gasteiger charge is 2.29. The molecule has 0 bridgehead atoms. The Morgan fingerprint density at radius 2 is 1.62 bits per heavy atom. The summed E-state index contributed by atoms with van der Waals surface area (Å²) in [4.78, 5) is 7.13. The molecule has 0 radical (unpaired) electrons. The first-order chi connectivity index (χ1) is 9.75. The highest BCUT2D eigenvalue weighted by atomic mass is 15.3. The molecule has 0 aliphatic carbocycles. The molecule has 0 N–H and O–H groups in total. The number of nitrogens with zero attached hydrogens (tertiary/aromatic N) is 3. The van der Waals surface area contributed by atoms with E-state index in [1.165, 1.54) is 22.7 Å². The number of fused-ring (bicyclic) bond motifs is 1. The lowest BCUT2D eigenvalue weighted by Gasteiger charge is -2.37. The van der Waals surface area contributed by atoms with Crippen molar-refractivity contribution in [1.82, 2.24) is 14.5 Å². The van der Waals surface area contributed by atoms with Crippen LogP contribution in [0.2, 0.25) is 0 Å². The summed E-state index contributed by atoms with van der Waals surface area (Å²) in [7, 11) is 0. The topological polar surface area (TPSA) is 21.1 Å². The van der Waals surface area contributed by atoms with E-state index in [0.717, 1.165) is 5.82 Å². The summed E-state index contributed by atoms with van der Waals surface area (Å²) >= 11 is 0. The van der Waals surface area contributed by atoms with E-state index < -0.39 is 0 Å². The van der Waals surface area contributed by atoms with Crippen LogP contribution < -0.4 is 0 Å². The molecule has 21 heavy (non-hydrogen) atoms. The summed E-state index contributed by atoms with van der Waals surface area (Å²) in [6, 6.07) is 0.430. The van der Waals surface area contributed by atoms with Gasteiger partial charge in [-0.15, -0.1) is 0 Å². The molecule has 1 aliphatic heterocycles. The maximum Gasteiger partial charge on any atom is 0.143 e. The fourth-order valence-electron chi connectivity index (χ4n) is 2.87. The van der Waals surface area contributed by atoms with Crippen LogP contribution in [0.4, 0.5) is 0 Å². The van der Waals surface area contributed by atoms with Gasteiger partial charge in [0.2, 0.25) is 0 Å². The predicted molar refractivity (Wildman–Crippen MR) is 90.7 cm³/mol. The molecule has 0 fully saturated rings. The third-order valence-corrected chi connectivity index (χ3v) is 4.00. The summed E-state index contributed by atoms with van der Waals surface area (Å²) in [5.74, 6) is 3.31. The standard InChI is InChI=1S/C18H29N3/c1-11(2)15-10-20(14(7)8)18(13(5)6)21-16(12(3)4)9-19-17(15)21/h9-12,14H,1-8H3. The van der Waals surface area contributed by atoms with Gasteiger partial charge in [0, 0.05) is 29.7 Å². The molecular weight excluding hydrogens is 258 g/mol. The fourth-order valence-corrected chi connectivity index (χ4v) is 2.87. The minimum atomic E-state index is 0.430. The number of aromatic nitrogens is 2. The molecule has 3 heteroatoms. The predicted octanol–water partition coefficient (Wildman–Crippen LogP) is 4.94. The molecule has 1 aliphatic rings. The van der Waals surface area contributed by atoms with Crippen LogP contribution >= 0.6 is 0 Å². The van der Waals surface area contributed by atoms with Crippen LogP contribution in [0.1, 0.15) is 72.8 Å². The zero-order valence-corrected chi connectivity index (χ0v) is 14.7. The minimum absolute atomic E-state index is 0.430. The first-order valence-corrected chi connectivity index (χ1v) is 8.01. The van der Waals surface area contributed by atoms with Crippen molar-refractivity contribution in [2.75, 3.05) is 0 Å². The third kappa shape index (κ3) is 2.66. The van der Waals surface area contributed by atoms with Crippen molar-refractivity contribution >= 4 is 11.4 Å². The van der Waals surface area contributed by atoms with Gasteiger partial charge in [0.25, 0.3) is 0 Å². The number of hydrogen-bond acceptors (Lipinski definition) is 2. The van der Waals surface area contributed by atoms with Gasteiger partial charge in [0.15, 0.2) is 0 Å². The Hall–Kier alpha value is -1.51. The van der Waals surface area contributed by atoms with Crippen LogP contribution in [0.25, 0.3) is 11.4 Å². The van der Waals surface area contributed by atoms with Gasteiger partial charge in [-0.25, -0.2) is 4.98 Å². The average Bonchev–Trinajstić information content (AvgIpc) is 2.80. The van der Waals surface area contributed by atoms with Gasteiger partial charge in [0.1, 0.15) is 11.6 Å². The summed E-state index contributed by atoms with van der Waals surface area (Å²) in [5, 5.41) is 0. The zero-order valence-electron chi connectivity index (χ0n) is 14.7. The molecule has 0 saturated carbocycles. The molecule has 1 aromatic rings. The van der Waals surface area contributed by atoms with Gasteiger partial charge >= 0.3 is 0 Å². The van der Waals surface area contributed by atoms with E-state index in [2.05, 4.69) is 71.1 Å². The summed E-state index contributed by atoms with van der Waals surface area (Å²) in [6.45, 7) is 17.8. The molecule has 0 amide bonds. The lowest BCUT2D eigenvalue weighted by Crippen LogP contribution is -2.33. The van der Waals surface area contributed by atoms with Crippen LogP contribution in [-0.4, -0.2) is 20.5 Å². The molecule has 3 nitrogen and oxygen atoms in total. The second-order valence-electron chi connectivity index (χ2n) is 7.06. The van der Waals surface area contributed by atoms with Gasteiger partial charge < -0.3 is 4.90 Å². The first-order valence-electron chi connectivity index (χ1n) is 8.01. The monoisotopic (exact) mass is 287 g/mol. The Bertz CT molecular complexity index is 582. The third-order valence-electron chi connectivity index (χ3n) is 4.00. The smallest absolute Gasteiger partial charge is 0.143 e. The maximum absolute atomic E-state index is 4.74. The molecule has 0 saturated heterocycles. The van der Waals surface area contributed by atoms with Gasteiger partial charge in [0.05, 0.1) is 0 Å². The van der Waals surface area contributed by atoms with Gasteiger partial charge in [-0.2, -0.15) is 0 Å². The second-order valence-corrected chi connectivity index (χ2v) is 7.06. The van der Waals surface area contributed by atoms with Gasteiger partial charge in [-0.3, -0.25) is 4.57 Å². The Kier molecular flexibility index (Phi) is 4.31. The molecule has 116 valence electrons. The fraction of sp³-hybridized carbons (Fsp3) is 0.611. The summed E-state index contributed by atoms with van der Waals surface area (Å²) in [6.07, 6.45) is 4.34. The lowest BCUT2D eigenvalue weighted by atomic mass is 10.0. The largest absolute Gasteiger partial charge is 0.331 e. The minimum Gasteiger partial charge on any atom is -0.331 e. The van der Waals surface area contributed by atoms with Crippen molar-refractivity contribution in [2.24, 2.45) is 5.92 Å². The molecule has 2 heterocycles. The van der Waals surface area contributed by atoms with Crippen LogP contribution in [0.15, 0.2) is 18.0 Å². The Balaban J connectivity index is 2.77. The lowest BCUT2D eigenvalue weighted by molar-refractivity contribution is 0.404. The Morgan fingerprint density at radius 1 is 1.00 bits per heavy atom. The van der Waals surface area contributed by atoms with E-state index in [9.17, 15) is 0 Å². The van der Waals surface area contributed by atoms with E-state index >= 15 is 0 Å². The van der Waals surface area contributed by atoms with Crippen LogP contribution in [0.3, 0.4) is 0 Å². The van der Waals surface area contributed by atoms with Gasteiger partial charge in [-0.05, 0) is 45.1 Å². The SMILES string of the molecule is CC(C)=C1N(C(C)C)C=C(C(C)C)c2ncc(C(C)C)n21. The van der Waals surface area contributed by atoms with E-state index in [-0.39, 0.29) is 0 Å². The van der Waals surface area contributed by atoms with E-state index in [1.807, 2.05) is 6.20 Å². The highest BCUT2D eigenvalue weighted by Crippen LogP contribution is 2.37. The van der Waals surface area contributed by atoms with Crippen molar-refractivity contribution in [3.8, 4) is 0 Å². The van der Waals surface area contributed by atoms with Crippen molar-refractivity contribution in [3.05, 3.63) is 29.5 Å². The normalized spacial score (nSPS) is 15.1. The van der Waals surface area contributed by atoms with Gasteiger partial charge in [-0.1, -0.05) is 27.7 Å². The number of allylic oxidation sites excluding steroid dienone is 2. The first kappa shape index (κ1) is 15.9. The molecule has 0 atom stereocenters. The quantitative estimate of drug-likeness (QED) is 0.785. The maximum atomic E-state index is 4.74. The highest BCUT2D eigenvalue weighted by molar-refractivity contribution is 5.72. The molecule has 0 unspecified atom stereocenters. The molecule has 0 spiro atoms. The number of imidazole rings is 1. The van der Waals surface area contributed by atoms with Crippen molar-refractivity contribution < 1.29 is 0 Å². The van der Waals surface area contributed by atoms with Crippen LogP contribution in [0, 0.1) is 5.92 Å². The van der Waals surface area contributed by atoms with Crippen LogP contribution in [0.5, 0.6) is 0 Å². The number of rotatable bonds is 3. The van der Waals surface area contributed by atoms with Crippen LogP contribution in [-0.2, 0) is 0 Å². The molecular formula is C18H29N3. The molecule has 0 aromatic carbocycles. The molecule has 1 aromatic heterocycles. The second kappa shape index (κ2) is 5.70. The number of hydrogen-bond donors (Lipinski definition) is 0. The van der Waals surface area contributed by atoms with Crippen molar-refractivity contribution in [1.29, 1.82) is 0 Å². The summed E-state index contributed by atoms with van der Waals surface area (Å²) < 4.78 is 2.37. The summed E-state index contributed by atoms with van der Waals surface area (Å²) in [5.41, 5.74) is 3.93. The Morgan fingerprint density at radius 3 is 2.05 bits per heavy atom. The van der Waals surface area contributed by atoms with E-state index in [4.69, 9.17) is 4.98 Å².